The van der Waals surface area contributed by atoms with Crippen LogP contribution in [0.3, 0.4) is 0 Å². The molecule has 0 spiro atoms. The third kappa shape index (κ3) is 4.66. The minimum absolute atomic E-state index is 0.0143. The van der Waals surface area contributed by atoms with Gasteiger partial charge in [-0.2, -0.15) is 0 Å². The monoisotopic (exact) mass is 696 g/mol. The first kappa shape index (κ1) is 32.0. The predicted molar refractivity (Wildman–Crippen MR) is 221 cm³/mol. The summed E-state index contributed by atoms with van der Waals surface area (Å²) in [6.45, 7) is 13.1. The maximum atomic E-state index is 2.52. The average molecular weight is 697 g/mol. The molecule has 0 fully saturated rings. The van der Waals surface area contributed by atoms with Crippen molar-refractivity contribution in [3.05, 3.63) is 150 Å². The second kappa shape index (κ2) is 12.1. The number of benzene rings is 6. The largest absolute Gasteiger partial charge is 0.308 e. The molecule has 1 aliphatic carbocycles. The topological polar surface area (TPSA) is 8.17 Å². The van der Waals surface area contributed by atoms with Crippen LogP contribution in [0.1, 0.15) is 52.7 Å². The molecule has 51 heavy (non-hydrogen) atoms. The van der Waals surface area contributed by atoms with Crippen molar-refractivity contribution in [3.8, 4) is 16.8 Å². The smallest absolute Gasteiger partial charge is 0.0763 e. The van der Waals surface area contributed by atoms with Crippen LogP contribution in [-0.4, -0.2) is 4.57 Å². The Balaban J connectivity index is 0.00000171. The lowest BCUT2D eigenvalue weighted by molar-refractivity contribution is 0.639. The van der Waals surface area contributed by atoms with E-state index in [1.165, 1.54) is 97.5 Å². The van der Waals surface area contributed by atoms with Crippen LogP contribution < -0.4 is 4.90 Å². The molecule has 3 heterocycles. The van der Waals surface area contributed by atoms with E-state index in [2.05, 4.69) is 171 Å². The second-order valence-corrected chi connectivity index (χ2v) is 15.9. The van der Waals surface area contributed by atoms with Crippen molar-refractivity contribution >= 4 is 68.0 Å². The molecule has 0 saturated heterocycles. The summed E-state index contributed by atoms with van der Waals surface area (Å²) in [5, 5.41) is 2.57. The highest BCUT2D eigenvalue weighted by Crippen LogP contribution is 2.62. The lowest BCUT2D eigenvalue weighted by Gasteiger charge is -2.38. The Morgan fingerprint density at radius 1 is 0.647 bits per heavy atom. The van der Waals surface area contributed by atoms with Gasteiger partial charge in [-0.25, -0.2) is 0 Å². The Labute approximate surface area is 309 Å². The zero-order chi connectivity index (χ0) is 35.0. The van der Waals surface area contributed by atoms with Gasteiger partial charge in [-0.3, -0.25) is 0 Å². The summed E-state index contributed by atoms with van der Waals surface area (Å²) >= 11 is 3.80. The second-order valence-electron chi connectivity index (χ2n) is 13.8. The molecule has 4 heteroatoms. The Bertz CT molecular complexity index is 2590. The van der Waals surface area contributed by atoms with Gasteiger partial charge in [0.1, 0.15) is 0 Å². The van der Waals surface area contributed by atoms with E-state index in [1.54, 1.807) is 0 Å². The third-order valence-corrected chi connectivity index (χ3v) is 13.1. The number of anilines is 3. The van der Waals surface area contributed by atoms with Gasteiger partial charge in [-0.1, -0.05) is 136 Å². The first-order valence-corrected chi connectivity index (χ1v) is 19.6. The van der Waals surface area contributed by atoms with Crippen molar-refractivity contribution in [2.45, 2.75) is 66.5 Å². The van der Waals surface area contributed by atoms with Gasteiger partial charge in [0, 0.05) is 36.6 Å². The van der Waals surface area contributed by atoms with Gasteiger partial charge in [0.05, 0.1) is 33.0 Å². The van der Waals surface area contributed by atoms with E-state index in [0.29, 0.717) is 0 Å². The van der Waals surface area contributed by atoms with Gasteiger partial charge in [0.15, 0.2) is 0 Å². The molecule has 2 nitrogen and oxygen atoms in total. The van der Waals surface area contributed by atoms with E-state index < -0.39 is 0 Å². The molecule has 0 amide bonds. The number of rotatable bonds is 3. The van der Waals surface area contributed by atoms with Gasteiger partial charge in [-0.15, -0.1) is 0 Å². The van der Waals surface area contributed by atoms with Crippen LogP contribution in [0.2, 0.25) is 0 Å². The Hall–Kier alpha value is -4.90. The number of nitrogens with zero attached hydrogens (tertiary/aromatic N) is 2. The van der Waals surface area contributed by atoms with E-state index in [0.717, 1.165) is 0 Å². The molecule has 250 valence electrons. The summed E-state index contributed by atoms with van der Waals surface area (Å²) < 4.78 is 2.52. The molecule has 0 bridgehead atoms. The van der Waals surface area contributed by atoms with E-state index in [1.807, 2.05) is 37.4 Å². The Morgan fingerprint density at radius 2 is 1.29 bits per heavy atom. The number of aromatic nitrogens is 1. The molecule has 2 aliphatic heterocycles. The fraction of sp³-hybridized carbons (Fsp3) is 0.149. The summed E-state index contributed by atoms with van der Waals surface area (Å²) in [5.41, 5.74) is 15.5. The van der Waals surface area contributed by atoms with Crippen molar-refractivity contribution in [3.63, 3.8) is 0 Å². The van der Waals surface area contributed by atoms with Crippen LogP contribution in [0.5, 0.6) is 0 Å². The van der Waals surface area contributed by atoms with Crippen molar-refractivity contribution in [2.24, 2.45) is 0 Å². The zero-order valence-corrected chi connectivity index (χ0v) is 31.5. The normalized spacial score (nSPS) is 15.1. The molecule has 0 radical (unpaired) electrons. The van der Waals surface area contributed by atoms with E-state index in [-0.39, 0.29) is 5.41 Å². The fourth-order valence-electron chi connectivity index (χ4n) is 8.17. The standard InChI is InChI=1S/C45H34N2S2.C2H6/c1-5-13-31-27(2)45(3,4)35-24-28(20-22-32(31)35)29-21-23-33-34-26-41-43-44(42(34)46(38(33)25-29)30-14-7-6-8-15-30)49-40-19-12-10-17-37(40)47(43)36-16-9-11-18-39(36)48-41;1-2/h5-26H,1-4H3;1-2H3/b13-5-;. The Morgan fingerprint density at radius 3 is 2.02 bits per heavy atom. The summed E-state index contributed by atoms with van der Waals surface area (Å²) in [5.74, 6) is 0. The van der Waals surface area contributed by atoms with Crippen LogP contribution in [-0.2, 0) is 5.41 Å². The maximum Gasteiger partial charge on any atom is 0.0763 e. The van der Waals surface area contributed by atoms with E-state index in [4.69, 9.17) is 0 Å². The van der Waals surface area contributed by atoms with Crippen molar-refractivity contribution in [1.82, 2.24) is 4.57 Å². The van der Waals surface area contributed by atoms with Gasteiger partial charge >= 0.3 is 0 Å². The summed E-state index contributed by atoms with van der Waals surface area (Å²) in [4.78, 5) is 7.69. The predicted octanol–water partition coefficient (Wildman–Crippen LogP) is 14.5. The number of para-hydroxylation sites is 3. The third-order valence-electron chi connectivity index (χ3n) is 10.8. The molecule has 10 rings (SSSR count). The number of fused-ring (bicyclic) bond motifs is 9. The minimum atomic E-state index is -0.0143. The van der Waals surface area contributed by atoms with Crippen LogP contribution in [0.4, 0.5) is 17.1 Å². The number of hydrogen-bond donors (Lipinski definition) is 0. The average Bonchev–Trinajstić information content (AvgIpc) is 3.59. The summed E-state index contributed by atoms with van der Waals surface area (Å²) in [6.07, 6.45) is 4.43. The van der Waals surface area contributed by atoms with Gasteiger partial charge in [-0.05, 0) is 96.3 Å². The molecule has 6 aromatic carbocycles. The summed E-state index contributed by atoms with van der Waals surface area (Å²) in [7, 11) is 0. The highest BCUT2D eigenvalue weighted by Gasteiger charge is 2.36. The highest BCUT2D eigenvalue weighted by molar-refractivity contribution is 8.01. The number of allylic oxidation sites excluding steroid dienone is 4. The molecular weight excluding hydrogens is 657 g/mol. The highest BCUT2D eigenvalue weighted by atomic mass is 32.2. The fourth-order valence-corrected chi connectivity index (χ4v) is 10.6. The summed E-state index contributed by atoms with van der Waals surface area (Å²) in [6, 6.07) is 45.3. The van der Waals surface area contributed by atoms with Crippen molar-refractivity contribution in [1.29, 1.82) is 0 Å². The quantitative estimate of drug-likeness (QED) is 0.182. The van der Waals surface area contributed by atoms with Crippen LogP contribution >= 0.6 is 23.5 Å². The minimum Gasteiger partial charge on any atom is -0.308 e. The van der Waals surface area contributed by atoms with E-state index >= 15 is 0 Å². The molecule has 0 saturated carbocycles. The van der Waals surface area contributed by atoms with Crippen molar-refractivity contribution in [2.75, 3.05) is 4.90 Å². The lowest BCUT2D eigenvalue weighted by atomic mass is 9.81. The van der Waals surface area contributed by atoms with Gasteiger partial charge in [0.25, 0.3) is 0 Å². The van der Waals surface area contributed by atoms with Crippen LogP contribution in [0.25, 0.3) is 44.2 Å². The van der Waals surface area contributed by atoms with Crippen LogP contribution in [0.15, 0.2) is 159 Å². The molecule has 7 aromatic rings. The van der Waals surface area contributed by atoms with Gasteiger partial charge < -0.3 is 9.47 Å². The molecule has 0 N–H and O–H groups in total. The zero-order valence-electron chi connectivity index (χ0n) is 29.9. The molecule has 0 unspecified atom stereocenters. The number of hydrogen-bond acceptors (Lipinski definition) is 3. The first-order chi connectivity index (χ1) is 24.9. The van der Waals surface area contributed by atoms with E-state index in [9.17, 15) is 0 Å². The SMILES string of the molecule is C/C=C\C1=C(C)C(C)(C)c2cc(-c3ccc4c5cc6c7c(c5n(-c5ccccc5)c4c3)Sc3ccccc3N7c3ccccc3S6)ccc21.CC. The molecule has 3 aliphatic rings. The molecule has 0 atom stereocenters. The maximum absolute atomic E-state index is 2.52. The first-order valence-electron chi connectivity index (χ1n) is 18.0. The van der Waals surface area contributed by atoms with Gasteiger partial charge in [0.2, 0.25) is 0 Å². The molecule has 1 aromatic heterocycles. The lowest BCUT2D eigenvalue weighted by Crippen LogP contribution is -2.19. The van der Waals surface area contributed by atoms with Crippen LogP contribution in [0, 0.1) is 0 Å². The molecular formula is C47H40N2S2. The van der Waals surface area contributed by atoms with Crippen molar-refractivity contribution < 1.29 is 0 Å². The Kier molecular flexibility index (Phi) is 7.61.